The first-order chi connectivity index (χ1) is 10.5. The van der Waals surface area contributed by atoms with Gasteiger partial charge in [0.05, 0.1) is 0 Å². The molecule has 0 spiro atoms. The Morgan fingerprint density at radius 2 is 1.91 bits per heavy atom. The Morgan fingerprint density at radius 3 is 2.64 bits per heavy atom. The van der Waals surface area contributed by atoms with Crippen molar-refractivity contribution in [1.82, 2.24) is 0 Å². The number of hydrogen-bond acceptors (Lipinski definition) is 5. The van der Waals surface area contributed by atoms with Crippen LogP contribution in [0.3, 0.4) is 0 Å². The fourth-order valence-electron chi connectivity index (χ4n) is 1.96. The van der Waals surface area contributed by atoms with E-state index in [0.717, 1.165) is 4.47 Å². The first-order valence-corrected chi connectivity index (χ1v) is 7.76. The van der Waals surface area contributed by atoms with Crippen molar-refractivity contribution < 1.29 is 18.4 Å². The molecule has 3 aromatic rings. The van der Waals surface area contributed by atoms with Crippen LogP contribution in [-0.4, -0.2) is 5.97 Å². The van der Waals surface area contributed by atoms with E-state index in [9.17, 15) is 9.59 Å². The number of fused-ring (bicyclic) bond motifs is 1. The molecule has 0 aliphatic carbocycles. The van der Waals surface area contributed by atoms with E-state index in [1.807, 2.05) is 6.07 Å². The maximum Gasteiger partial charge on any atom is 0.374 e. The smallest absolute Gasteiger partial charge is 0.374 e. The Morgan fingerprint density at radius 1 is 1.09 bits per heavy atom. The van der Waals surface area contributed by atoms with Crippen molar-refractivity contribution in [3.8, 4) is 0 Å². The standard InChI is InChI=1S/C15H8Br2O5/c16-9-1-2-10-8(5-14(18)22-12(10)6-9)7-20-15(19)11-3-4-13(17)21-11/h1-6H,7H2. The number of esters is 1. The summed E-state index contributed by atoms with van der Waals surface area (Å²) in [5, 5.41) is 0.705. The molecule has 0 saturated carbocycles. The van der Waals surface area contributed by atoms with Gasteiger partial charge in [-0.2, -0.15) is 0 Å². The Kier molecular flexibility index (Phi) is 4.17. The molecular weight excluding hydrogens is 420 g/mol. The minimum atomic E-state index is -0.607. The van der Waals surface area contributed by atoms with E-state index in [2.05, 4.69) is 31.9 Å². The SMILES string of the molecule is O=C(OCc1cc(=O)oc2cc(Br)ccc12)c1ccc(Br)o1. The zero-order valence-corrected chi connectivity index (χ0v) is 14.1. The van der Waals surface area contributed by atoms with E-state index in [4.69, 9.17) is 13.6 Å². The third kappa shape index (κ3) is 3.15. The van der Waals surface area contributed by atoms with Gasteiger partial charge in [-0.15, -0.1) is 0 Å². The maximum absolute atomic E-state index is 11.9. The molecule has 0 unspecified atom stereocenters. The average molecular weight is 428 g/mol. The topological polar surface area (TPSA) is 69.7 Å². The van der Waals surface area contributed by atoms with E-state index in [-0.39, 0.29) is 12.4 Å². The number of rotatable bonds is 3. The molecule has 2 aromatic heterocycles. The molecule has 112 valence electrons. The van der Waals surface area contributed by atoms with Crippen LogP contribution < -0.4 is 5.63 Å². The van der Waals surface area contributed by atoms with E-state index >= 15 is 0 Å². The Hall–Kier alpha value is -1.86. The highest BCUT2D eigenvalue weighted by atomic mass is 79.9. The summed E-state index contributed by atoms with van der Waals surface area (Å²) in [4.78, 5) is 23.4. The summed E-state index contributed by atoms with van der Waals surface area (Å²) in [6, 6.07) is 9.70. The highest BCUT2D eigenvalue weighted by Gasteiger charge is 2.14. The molecule has 2 heterocycles. The van der Waals surface area contributed by atoms with Crippen LogP contribution in [0.5, 0.6) is 0 Å². The summed E-state index contributed by atoms with van der Waals surface area (Å²) in [7, 11) is 0. The van der Waals surface area contributed by atoms with Gasteiger partial charge in [-0.1, -0.05) is 15.9 Å². The molecule has 0 atom stereocenters. The molecule has 0 amide bonds. The van der Waals surface area contributed by atoms with Crippen LogP contribution in [0.1, 0.15) is 16.1 Å². The lowest BCUT2D eigenvalue weighted by molar-refractivity contribution is 0.0436. The first-order valence-electron chi connectivity index (χ1n) is 6.18. The number of hydrogen-bond donors (Lipinski definition) is 0. The molecule has 22 heavy (non-hydrogen) atoms. The minimum Gasteiger partial charge on any atom is -0.455 e. The fourth-order valence-corrected chi connectivity index (χ4v) is 2.61. The number of ether oxygens (including phenoxy) is 1. The zero-order valence-electron chi connectivity index (χ0n) is 11.0. The molecule has 0 N–H and O–H groups in total. The predicted molar refractivity (Wildman–Crippen MR) is 85.7 cm³/mol. The summed E-state index contributed by atoms with van der Waals surface area (Å²) < 4.78 is 16.6. The molecule has 0 bridgehead atoms. The van der Waals surface area contributed by atoms with Crippen LogP contribution >= 0.6 is 31.9 Å². The number of furan rings is 1. The molecule has 0 aliphatic rings. The second-order valence-electron chi connectivity index (χ2n) is 4.41. The first kappa shape index (κ1) is 15.1. The highest BCUT2D eigenvalue weighted by molar-refractivity contribution is 9.10. The monoisotopic (exact) mass is 426 g/mol. The predicted octanol–water partition coefficient (Wildman–Crippen LogP) is 4.27. The molecule has 1 aromatic carbocycles. The number of halogens is 2. The van der Waals surface area contributed by atoms with Gasteiger partial charge in [0, 0.05) is 21.5 Å². The van der Waals surface area contributed by atoms with Gasteiger partial charge in [0.15, 0.2) is 4.67 Å². The third-order valence-electron chi connectivity index (χ3n) is 2.93. The van der Waals surface area contributed by atoms with E-state index < -0.39 is 11.6 Å². The molecule has 0 radical (unpaired) electrons. The zero-order chi connectivity index (χ0) is 15.7. The van der Waals surface area contributed by atoms with E-state index in [1.165, 1.54) is 12.1 Å². The molecule has 0 saturated heterocycles. The Labute approximate surface area is 141 Å². The van der Waals surface area contributed by atoms with Gasteiger partial charge in [0.25, 0.3) is 0 Å². The van der Waals surface area contributed by atoms with Gasteiger partial charge in [-0.05, 0) is 46.3 Å². The number of carbonyl (C=O) groups is 1. The van der Waals surface area contributed by atoms with Crippen molar-refractivity contribution in [2.45, 2.75) is 6.61 Å². The Balaban J connectivity index is 1.87. The summed E-state index contributed by atoms with van der Waals surface area (Å²) in [6.07, 6.45) is 0. The van der Waals surface area contributed by atoms with Gasteiger partial charge in [0.1, 0.15) is 12.2 Å². The Bertz CT molecular complexity index is 910. The molecule has 0 aliphatic heterocycles. The highest BCUT2D eigenvalue weighted by Crippen LogP contribution is 2.22. The van der Waals surface area contributed by atoms with Gasteiger partial charge < -0.3 is 13.6 Å². The van der Waals surface area contributed by atoms with E-state index in [0.29, 0.717) is 21.2 Å². The number of benzene rings is 1. The minimum absolute atomic E-state index is 0.0547. The van der Waals surface area contributed by atoms with Crippen molar-refractivity contribution in [3.63, 3.8) is 0 Å². The second-order valence-corrected chi connectivity index (χ2v) is 6.11. The fraction of sp³-hybridized carbons (Fsp3) is 0.0667. The van der Waals surface area contributed by atoms with Gasteiger partial charge in [-0.3, -0.25) is 0 Å². The quantitative estimate of drug-likeness (QED) is 0.461. The van der Waals surface area contributed by atoms with Crippen LogP contribution in [0.4, 0.5) is 0 Å². The third-order valence-corrected chi connectivity index (χ3v) is 3.84. The maximum atomic E-state index is 11.9. The van der Waals surface area contributed by atoms with Gasteiger partial charge in [0.2, 0.25) is 5.76 Å². The van der Waals surface area contributed by atoms with Crippen molar-refractivity contribution in [2.24, 2.45) is 0 Å². The summed E-state index contributed by atoms with van der Waals surface area (Å²) >= 11 is 6.43. The lowest BCUT2D eigenvalue weighted by Crippen LogP contribution is -2.07. The second kappa shape index (κ2) is 6.10. The van der Waals surface area contributed by atoms with Crippen LogP contribution in [0.2, 0.25) is 0 Å². The van der Waals surface area contributed by atoms with Crippen molar-refractivity contribution in [3.05, 3.63) is 67.3 Å². The van der Waals surface area contributed by atoms with E-state index in [1.54, 1.807) is 18.2 Å². The molecular formula is C15H8Br2O5. The molecule has 5 nitrogen and oxygen atoms in total. The van der Waals surface area contributed by atoms with Crippen LogP contribution in [0.15, 0.2) is 59.2 Å². The van der Waals surface area contributed by atoms with Crippen LogP contribution in [0.25, 0.3) is 11.0 Å². The summed E-state index contributed by atoms with van der Waals surface area (Å²) in [6.45, 7) is -0.0547. The molecule has 7 heteroatoms. The largest absolute Gasteiger partial charge is 0.455 e. The molecule has 0 fully saturated rings. The lowest BCUT2D eigenvalue weighted by Gasteiger charge is -2.06. The normalized spacial score (nSPS) is 10.8. The average Bonchev–Trinajstić information content (AvgIpc) is 2.90. The van der Waals surface area contributed by atoms with Crippen LogP contribution in [-0.2, 0) is 11.3 Å². The van der Waals surface area contributed by atoms with Crippen LogP contribution in [0, 0.1) is 0 Å². The molecule has 3 rings (SSSR count). The van der Waals surface area contributed by atoms with Crippen molar-refractivity contribution in [2.75, 3.05) is 0 Å². The van der Waals surface area contributed by atoms with Gasteiger partial charge >= 0.3 is 11.6 Å². The van der Waals surface area contributed by atoms with Crippen molar-refractivity contribution >= 4 is 48.8 Å². The summed E-state index contributed by atoms with van der Waals surface area (Å²) in [5.74, 6) is -0.522. The summed E-state index contributed by atoms with van der Waals surface area (Å²) in [5.41, 5.74) is 0.490. The van der Waals surface area contributed by atoms with Gasteiger partial charge in [-0.25, -0.2) is 9.59 Å². The number of carbonyl (C=O) groups excluding carboxylic acids is 1. The van der Waals surface area contributed by atoms with Crippen molar-refractivity contribution in [1.29, 1.82) is 0 Å². The lowest BCUT2D eigenvalue weighted by atomic mass is 10.1.